The van der Waals surface area contributed by atoms with E-state index in [1.807, 2.05) is 6.07 Å². The van der Waals surface area contributed by atoms with Gasteiger partial charge in [-0.15, -0.1) is 24.0 Å². The molecule has 1 aliphatic heterocycles. The van der Waals surface area contributed by atoms with Gasteiger partial charge < -0.3 is 19.7 Å². The molecule has 0 radical (unpaired) electrons. The Morgan fingerprint density at radius 1 is 1.32 bits per heavy atom. The van der Waals surface area contributed by atoms with E-state index in [0.29, 0.717) is 24.6 Å². The number of methoxy groups -OCH3 is 1. The standard InChI is InChI=1S/C20H31BrFN3O2.HI/c1-3-23-20(24-10-7-16-15-17(21)5-6-19(16)22)25-11-8-18(9-12-25)27-14-4-13-26-2;/h5-6,15,18H,3-4,7-14H2,1-2H3,(H,23,24);1H. The molecule has 28 heavy (non-hydrogen) atoms. The highest BCUT2D eigenvalue weighted by Gasteiger charge is 2.21. The third-order valence-electron chi connectivity index (χ3n) is 4.57. The van der Waals surface area contributed by atoms with Crippen LogP contribution in [0.25, 0.3) is 0 Å². The predicted molar refractivity (Wildman–Crippen MR) is 126 cm³/mol. The Kier molecular flexibility index (Phi) is 13.3. The van der Waals surface area contributed by atoms with Crippen LogP contribution in [0.5, 0.6) is 0 Å². The molecule has 0 spiro atoms. The monoisotopic (exact) mass is 571 g/mol. The summed E-state index contributed by atoms with van der Waals surface area (Å²) in [5, 5.41) is 3.35. The zero-order valence-electron chi connectivity index (χ0n) is 16.8. The number of nitrogens with one attached hydrogen (secondary N) is 1. The first kappa shape index (κ1) is 25.6. The molecule has 1 aromatic carbocycles. The number of hydrogen-bond acceptors (Lipinski definition) is 3. The Hall–Kier alpha value is -0.450. The summed E-state index contributed by atoms with van der Waals surface area (Å²) in [6, 6.07) is 5.03. The highest BCUT2D eigenvalue weighted by atomic mass is 127. The molecule has 5 nitrogen and oxygen atoms in total. The van der Waals surface area contributed by atoms with E-state index in [4.69, 9.17) is 14.5 Å². The molecule has 160 valence electrons. The minimum Gasteiger partial charge on any atom is -0.385 e. The normalized spacial score (nSPS) is 15.4. The fraction of sp³-hybridized carbons (Fsp3) is 0.650. The number of hydrogen-bond donors (Lipinski definition) is 1. The average Bonchev–Trinajstić information content (AvgIpc) is 2.68. The lowest BCUT2D eigenvalue weighted by atomic mass is 10.1. The van der Waals surface area contributed by atoms with Gasteiger partial charge in [-0.2, -0.15) is 0 Å². The summed E-state index contributed by atoms with van der Waals surface area (Å²) in [7, 11) is 1.71. The molecule has 0 aromatic heterocycles. The van der Waals surface area contributed by atoms with Crippen LogP contribution < -0.4 is 5.32 Å². The van der Waals surface area contributed by atoms with E-state index in [-0.39, 0.29) is 29.8 Å². The molecule has 2 rings (SSSR count). The minimum atomic E-state index is -0.176. The van der Waals surface area contributed by atoms with Crippen molar-refractivity contribution in [3.63, 3.8) is 0 Å². The second-order valence-corrected chi connectivity index (χ2v) is 7.54. The van der Waals surface area contributed by atoms with Crippen molar-refractivity contribution in [2.75, 3.05) is 46.5 Å². The largest absolute Gasteiger partial charge is 0.385 e. The zero-order valence-corrected chi connectivity index (χ0v) is 20.7. The molecule has 1 fully saturated rings. The second-order valence-electron chi connectivity index (χ2n) is 6.62. The smallest absolute Gasteiger partial charge is 0.193 e. The number of aliphatic imine (C=N–C) groups is 1. The highest BCUT2D eigenvalue weighted by Crippen LogP contribution is 2.17. The van der Waals surface area contributed by atoms with E-state index in [2.05, 4.69) is 33.1 Å². The first-order valence-electron chi connectivity index (χ1n) is 9.71. The minimum absolute atomic E-state index is 0. The molecular formula is C20H32BrFIN3O2. The predicted octanol–water partition coefficient (Wildman–Crippen LogP) is 4.23. The van der Waals surface area contributed by atoms with E-state index in [1.165, 1.54) is 6.07 Å². The van der Waals surface area contributed by atoms with Crippen LogP contribution in [-0.4, -0.2) is 63.5 Å². The molecule has 0 unspecified atom stereocenters. The maximum absolute atomic E-state index is 13.9. The Balaban J connectivity index is 0.00000392. The van der Waals surface area contributed by atoms with Gasteiger partial charge in [0, 0.05) is 51.0 Å². The number of nitrogens with zero attached hydrogens (tertiary/aromatic N) is 2. The maximum Gasteiger partial charge on any atom is 0.193 e. The number of ether oxygens (including phenoxy) is 2. The second kappa shape index (κ2) is 14.5. The van der Waals surface area contributed by atoms with Crippen LogP contribution in [0, 0.1) is 5.82 Å². The molecule has 0 bridgehead atoms. The SMILES string of the molecule is CCNC(=NCCc1cc(Br)ccc1F)N1CCC(OCCCOC)CC1.I. The molecule has 1 N–H and O–H groups in total. The maximum atomic E-state index is 13.9. The summed E-state index contributed by atoms with van der Waals surface area (Å²) in [6.45, 7) is 6.79. The molecule has 0 atom stereocenters. The van der Waals surface area contributed by atoms with Crippen LogP contribution in [-0.2, 0) is 15.9 Å². The van der Waals surface area contributed by atoms with E-state index < -0.39 is 0 Å². The van der Waals surface area contributed by atoms with Crippen molar-refractivity contribution in [1.29, 1.82) is 0 Å². The molecule has 0 aliphatic carbocycles. The van der Waals surface area contributed by atoms with Gasteiger partial charge in [-0.25, -0.2) is 4.39 Å². The van der Waals surface area contributed by atoms with Gasteiger partial charge in [-0.05, 0) is 56.4 Å². The van der Waals surface area contributed by atoms with Gasteiger partial charge in [-0.1, -0.05) is 15.9 Å². The van der Waals surface area contributed by atoms with Crippen molar-refractivity contribution >= 4 is 45.9 Å². The number of rotatable bonds is 9. The number of piperidine rings is 1. The summed E-state index contributed by atoms with van der Waals surface area (Å²) in [6.07, 6.45) is 3.83. The summed E-state index contributed by atoms with van der Waals surface area (Å²) >= 11 is 3.39. The lowest BCUT2D eigenvalue weighted by molar-refractivity contribution is 0.00991. The van der Waals surface area contributed by atoms with E-state index in [9.17, 15) is 4.39 Å². The summed E-state index contributed by atoms with van der Waals surface area (Å²) < 4.78 is 25.7. The molecular weight excluding hydrogens is 540 g/mol. The lowest BCUT2D eigenvalue weighted by Crippen LogP contribution is -2.47. The fourth-order valence-corrected chi connectivity index (χ4v) is 3.54. The molecule has 0 saturated carbocycles. The molecule has 1 heterocycles. The summed E-state index contributed by atoms with van der Waals surface area (Å²) in [5.74, 6) is 0.732. The Morgan fingerprint density at radius 2 is 2.07 bits per heavy atom. The molecule has 8 heteroatoms. The van der Waals surface area contributed by atoms with E-state index in [1.54, 1.807) is 13.2 Å². The number of benzene rings is 1. The van der Waals surface area contributed by atoms with Gasteiger partial charge in [0.1, 0.15) is 5.82 Å². The van der Waals surface area contributed by atoms with Gasteiger partial charge >= 0.3 is 0 Å². The van der Waals surface area contributed by atoms with Gasteiger partial charge in [0.05, 0.1) is 6.10 Å². The Bertz CT molecular complexity index is 599. The highest BCUT2D eigenvalue weighted by molar-refractivity contribution is 14.0. The van der Waals surface area contributed by atoms with Crippen LogP contribution in [0.15, 0.2) is 27.7 Å². The number of guanidine groups is 1. The van der Waals surface area contributed by atoms with Crippen molar-refractivity contribution in [2.24, 2.45) is 4.99 Å². The van der Waals surface area contributed by atoms with E-state index in [0.717, 1.165) is 62.5 Å². The quantitative estimate of drug-likeness (QED) is 0.208. The van der Waals surface area contributed by atoms with Crippen molar-refractivity contribution < 1.29 is 13.9 Å². The van der Waals surface area contributed by atoms with E-state index >= 15 is 0 Å². The average molecular weight is 572 g/mol. The van der Waals surface area contributed by atoms with Crippen LogP contribution >= 0.6 is 39.9 Å². The number of likely N-dealkylation sites (tertiary alicyclic amines) is 1. The van der Waals surface area contributed by atoms with Crippen molar-refractivity contribution in [3.8, 4) is 0 Å². The molecule has 1 aromatic rings. The van der Waals surface area contributed by atoms with Gasteiger partial charge in [0.15, 0.2) is 5.96 Å². The third-order valence-corrected chi connectivity index (χ3v) is 5.07. The van der Waals surface area contributed by atoms with Crippen LogP contribution in [0.1, 0.15) is 31.7 Å². The van der Waals surface area contributed by atoms with Crippen molar-refractivity contribution in [1.82, 2.24) is 10.2 Å². The van der Waals surface area contributed by atoms with Crippen LogP contribution in [0.3, 0.4) is 0 Å². The summed E-state index contributed by atoms with van der Waals surface area (Å²) in [5.41, 5.74) is 0.687. The molecule has 1 saturated heterocycles. The zero-order chi connectivity index (χ0) is 19.5. The Morgan fingerprint density at radius 3 is 2.75 bits per heavy atom. The number of halogens is 3. The van der Waals surface area contributed by atoms with Gasteiger partial charge in [0.2, 0.25) is 0 Å². The van der Waals surface area contributed by atoms with Crippen LogP contribution in [0.2, 0.25) is 0 Å². The van der Waals surface area contributed by atoms with Gasteiger partial charge in [0.25, 0.3) is 0 Å². The molecule has 1 aliphatic rings. The van der Waals surface area contributed by atoms with Crippen LogP contribution in [0.4, 0.5) is 4.39 Å². The summed E-state index contributed by atoms with van der Waals surface area (Å²) in [4.78, 5) is 6.98. The Labute approximate surface area is 193 Å². The lowest BCUT2D eigenvalue weighted by Gasteiger charge is -2.34. The molecule has 0 amide bonds. The first-order valence-corrected chi connectivity index (χ1v) is 10.5. The topological polar surface area (TPSA) is 46.1 Å². The fourth-order valence-electron chi connectivity index (χ4n) is 3.13. The first-order chi connectivity index (χ1) is 13.1. The van der Waals surface area contributed by atoms with Crippen molar-refractivity contribution in [3.05, 3.63) is 34.1 Å². The van der Waals surface area contributed by atoms with Gasteiger partial charge in [-0.3, -0.25) is 4.99 Å². The van der Waals surface area contributed by atoms with Crippen molar-refractivity contribution in [2.45, 2.75) is 38.7 Å². The third kappa shape index (κ3) is 8.92.